The number of methoxy groups -OCH3 is 1. The summed E-state index contributed by atoms with van der Waals surface area (Å²) in [5.74, 6) is -0.281. The molecule has 3 aromatic carbocycles. The number of nitrogens with one attached hydrogen (secondary N) is 2. The van der Waals surface area contributed by atoms with Gasteiger partial charge in [0.05, 0.1) is 25.4 Å². The summed E-state index contributed by atoms with van der Waals surface area (Å²) in [5, 5.41) is 15.9. The van der Waals surface area contributed by atoms with Gasteiger partial charge in [0.25, 0.3) is 0 Å². The van der Waals surface area contributed by atoms with E-state index in [2.05, 4.69) is 27.1 Å². The summed E-state index contributed by atoms with van der Waals surface area (Å²) in [6.45, 7) is 9.66. The van der Waals surface area contributed by atoms with Gasteiger partial charge in [-0.05, 0) is 68.6 Å². The number of hydrogen-bond donors (Lipinski definition) is 3. The second-order valence-corrected chi connectivity index (χ2v) is 13.3. The SMILES string of the molecule is CC(C)C([N-]OC(C)(C)C)C(=O)NCC=O.CNc1ccc(COC(=O)N(CC2Cc3ccccc3N2C)c2cc(O)c(OC)cc2C=O)cc1.[Y]. The van der Waals surface area contributed by atoms with E-state index in [1.54, 1.807) is 0 Å². The Morgan fingerprint density at radius 1 is 1.10 bits per heavy atom. The number of phenolic OH excluding ortho intramolecular Hbond substituents is 1. The average Bonchev–Trinajstić information content (AvgIpc) is 3.42. The molecule has 2 amide bonds. The number of ether oxygens (including phenoxy) is 2. The minimum atomic E-state index is -0.611. The van der Waals surface area contributed by atoms with Crippen LogP contribution in [0.15, 0.2) is 60.7 Å². The van der Waals surface area contributed by atoms with Gasteiger partial charge in [-0.2, -0.15) is 0 Å². The van der Waals surface area contributed by atoms with Gasteiger partial charge in [0.1, 0.15) is 12.9 Å². The molecule has 1 aliphatic heterocycles. The van der Waals surface area contributed by atoms with Crippen molar-refractivity contribution in [2.75, 3.05) is 49.4 Å². The molecule has 0 saturated heterocycles. The van der Waals surface area contributed by atoms with E-state index in [-0.39, 0.29) is 93.0 Å². The van der Waals surface area contributed by atoms with Crippen LogP contribution in [0, 0.1) is 5.92 Å². The number of nitrogens with zero attached hydrogens (tertiary/aromatic N) is 3. The summed E-state index contributed by atoms with van der Waals surface area (Å²) < 4.78 is 10.8. The van der Waals surface area contributed by atoms with E-state index in [0.717, 1.165) is 23.4 Å². The number of phenols is 1. The zero-order chi connectivity index (χ0) is 37.7. The molecule has 13 nitrogen and oxygen atoms in total. The Hall–Kier alpha value is -4.04. The van der Waals surface area contributed by atoms with Crippen LogP contribution >= 0.6 is 0 Å². The third kappa shape index (κ3) is 12.6. The number of carbonyl (C=O) groups excluding carboxylic acids is 4. The predicted octanol–water partition coefficient (Wildman–Crippen LogP) is 5.89. The number of fused-ring (bicyclic) bond motifs is 1. The quantitative estimate of drug-likeness (QED) is 0.133. The molecule has 279 valence electrons. The molecule has 0 aliphatic carbocycles. The maximum absolute atomic E-state index is 13.4. The maximum Gasteiger partial charge on any atom is 0.414 e. The molecule has 0 aromatic heterocycles. The van der Waals surface area contributed by atoms with Crippen LogP contribution in [-0.4, -0.2) is 81.7 Å². The van der Waals surface area contributed by atoms with Gasteiger partial charge in [0, 0.05) is 82.0 Å². The molecular weight excluding hydrogens is 743 g/mol. The Labute approximate surface area is 331 Å². The van der Waals surface area contributed by atoms with Gasteiger partial charge in [0.2, 0.25) is 5.91 Å². The van der Waals surface area contributed by atoms with Gasteiger partial charge in [-0.1, -0.05) is 50.1 Å². The van der Waals surface area contributed by atoms with E-state index in [9.17, 15) is 24.3 Å². The maximum atomic E-state index is 13.4. The number of aromatic hydroxyl groups is 1. The monoisotopic (exact) mass is 793 g/mol. The smallest absolute Gasteiger partial charge is 0.414 e. The van der Waals surface area contributed by atoms with Crippen molar-refractivity contribution in [2.24, 2.45) is 5.92 Å². The van der Waals surface area contributed by atoms with Crippen molar-refractivity contribution in [1.82, 2.24) is 5.32 Å². The van der Waals surface area contributed by atoms with Gasteiger partial charge >= 0.3 is 6.09 Å². The Kier molecular flexibility index (Phi) is 17.7. The first-order valence-electron chi connectivity index (χ1n) is 16.7. The molecule has 0 saturated carbocycles. The van der Waals surface area contributed by atoms with Crippen molar-refractivity contribution in [3.05, 3.63) is 82.8 Å². The summed E-state index contributed by atoms with van der Waals surface area (Å²) in [6, 6.07) is 17.8. The van der Waals surface area contributed by atoms with Gasteiger partial charge in [-0.25, -0.2) is 4.79 Å². The molecule has 3 N–H and O–H groups in total. The molecule has 1 aliphatic rings. The van der Waals surface area contributed by atoms with E-state index in [0.29, 0.717) is 12.6 Å². The number of carbonyl (C=O) groups is 4. The van der Waals surface area contributed by atoms with Crippen LogP contribution in [0.4, 0.5) is 21.9 Å². The van der Waals surface area contributed by atoms with Crippen molar-refractivity contribution in [1.29, 1.82) is 0 Å². The van der Waals surface area contributed by atoms with Crippen LogP contribution in [0.25, 0.3) is 5.48 Å². The zero-order valence-electron chi connectivity index (χ0n) is 31.2. The molecule has 2 atom stereocenters. The number of benzene rings is 3. The van der Waals surface area contributed by atoms with Crippen molar-refractivity contribution in [3.8, 4) is 11.5 Å². The van der Waals surface area contributed by atoms with Gasteiger partial charge in [-0.15, -0.1) is 0 Å². The molecule has 14 heteroatoms. The minimum Gasteiger partial charge on any atom is -0.523 e. The van der Waals surface area contributed by atoms with Crippen LogP contribution < -0.4 is 25.2 Å². The first-order valence-corrected chi connectivity index (χ1v) is 16.7. The number of likely N-dealkylation sites (N-methyl/N-ethyl adjacent to an activating group) is 1. The second kappa shape index (κ2) is 20.9. The number of para-hydroxylation sites is 1. The molecule has 0 bridgehead atoms. The normalized spacial score (nSPS) is 13.8. The number of aldehydes is 2. The van der Waals surface area contributed by atoms with Gasteiger partial charge in [-0.3, -0.25) is 14.5 Å². The predicted molar refractivity (Wildman–Crippen MR) is 198 cm³/mol. The number of rotatable bonds is 14. The zero-order valence-corrected chi connectivity index (χ0v) is 34.1. The summed E-state index contributed by atoms with van der Waals surface area (Å²) >= 11 is 0. The molecule has 0 spiro atoms. The molecule has 4 rings (SSSR count). The second-order valence-electron chi connectivity index (χ2n) is 13.3. The Morgan fingerprint density at radius 3 is 2.33 bits per heavy atom. The largest absolute Gasteiger partial charge is 0.523 e. The van der Waals surface area contributed by atoms with E-state index in [1.807, 2.05) is 91.2 Å². The van der Waals surface area contributed by atoms with E-state index in [1.165, 1.54) is 29.7 Å². The van der Waals surface area contributed by atoms with Crippen LogP contribution in [0.1, 0.15) is 56.1 Å². The molecule has 52 heavy (non-hydrogen) atoms. The van der Waals surface area contributed by atoms with Crippen LogP contribution in [0.3, 0.4) is 0 Å². The standard InChI is InChI=1S/C27H29N3O5.C11H21N2O3.Y/c1-28-21-10-8-18(9-11-21)17-35-27(33)30(24-14-25(32)26(34-3)13-20(24)16-31)15-22-12-19-6-4-5-7-23(19)29(22)2;1-8(2)9(10(15)12-6-7-14)13-16-11(3,4)5;/h4-11,13-14,16,22,28,32H,12,15,17H2,1-3H3;7-9H,6H2,1-5H3,(H,12,15);/q;-1;. The third-order valence-electron chi connectivity index (χ3n) is 8.04. The fourth-order valence-electron chi connectivity index (χ4n) is 5.27. The van der Waals surface area contributed by atoms with E-state index >= 15 is 0 Å². The molecule has 1 heterocycles. The van der Waals surface area contributed by atoms with Crippen LogP contribution in [-0.2, 0) is 64.9 Å². The fraction of sp³-hybridized carbons (Fsp3) is 0.421. The molecule has 1 radical (unpaired) electrons. The number of anilines is 3. The summed E-state index contributed by atoms with van der Waals surface area (Å²) in [4.78, 5) is 55.8. The number of amides is 2. The average molecular weight is 794 g/mol. The first-order chi connectivity index (χ1) is 24.2. The summed E-state index contributed by atoms with van der Waals surface area (Å²) in [6.07, 6.45) is 1.40. The minimum absolute atomic E-state index is 0. The van der Waals surface area contributed by atoms with Gasteiger partial charge in [0.15, 0.2) is 17.8 Å². The van der Waals surface area contributed by atoms with Crippen LogP contribution in [0.2, 0.25) is 0 Å². The summed E-state index contributed by atoms with van der Waals surface area (Å²) in [5.41, 5.74) is 8.05. The third-order valence-corrected chi connectivity index (χ3v) is 8.04. The van der Waals surface area contributed by atoms with E-state index < -0.39 is 17.7 Å². The molecule has 0 fully saturated rings. The number of hydroxylamine groups is 1. The Morgan fingerprint density at radius 2 is 1.77 bits per heavy atom. The van der Waals surface area contributed by atoms with Crippen molar-refractivity contribution >= 4 is 41.6 Å². The summed E-state index contributed by atoms with van der Waals surface area (Å²) in [7, 11) is 5.22. The number of hydrogen-bond acceptors (Lipinski definition) is 10. The van der Waals surface area contributed by atoms with E-state index in [4.69, 9.17) is 14.3 Å². The van der Waals surface area contributed by atoms with Crippen molar-refractivity contribution in [3.63, 3.8) is 0 Å². The topological polar surface area (TPSA) is 161 Å². The molecule has 2 unspecified atom stereocenters. The Bertz CT molecular complexity index is 1630. The molecular formula is C38H50N5O8Y-. The van der Waals surface area contributed by atoms with Gasteiger partial charge < -0.3 is 45.2 Å². The fourth-order valence-corrected chi connectivity index (χ4v) is 5.27. The van der Waals surface area contributed by atoms with Crippen molar-refractivity contribution < 1.29 is 71.3 Å². The van der Waals surface area contributed by atoms with Crippen molar-refractivity contribution in [2.45, 2.75) is 65.3 Å². The molecule has 3 aromatic rings. The Balaban J connectivity index is 0.000000469. The van der Waals surface area contributed by atoms with Crippen LogP contribution in [0.5, 0.6) is 11.5 Å². The first kappa shape index (κ1) is 44.1.